The highest BCUT2D eigenvalue weighted by atomic mass is 19.4. The zero-order valence-electron chi connectivity index (χ0n) is 9.35. The van der Waals surface area contributed by atoms with Gasteiger partial charge in [-0.15, -0.1) is 0 Å². The summed E-state index contributed by atoms with van der Waals surface area (Å²) in [6, 6.07) is 1.52. The Hall–Kier alpha value is -1.30. The van der Waals surface area contributed by atoms with Gasteiger partial charge >= 0.3 is 6.18 Å². The fraction of sp³-hybridized carbons (Fsp3) is 0.500. The lowest BCUT2D eigenvalue weighted by molar-refractivity contribution is -0.140. The topological polar surface area (TPSA) is 21.3 Å². The molecule has 98 valence electrons. The Kier molecular flexibility index (Phi) is 2.52. The van der Waals surface area contributed by atoms with E-state index in [2.05, 4.69) is 5.32 Å². The van der Waals surface area contributed by atoms with Gasteiger partial charge < -0.3 is 10.1 Å². The molecule has 0 saturated carbocycles. The molecule has 0 unspecified atom stereocenters. The number of rotatable bonds is 0. The number of piperidine rings is 1. The Bertz CT molecular complexity index is 486. The monoisotopic (exact) mass is 261 g/mol. The quantitative estimate of drug-likeness (QED) is 0.725. The minimum atomic E-state index is -4.69. The lowest BCUT2D eigenvalue weighted by atomic mass is 9.96. The highest BCUT2D eigenvalue weighted by molar-refractivity contribution is 5.45. The standard InChI is InChI=1S/C12H11F4NO/c13-8-4-6-10(5-7(8)12(14,15)16)18-9-2-1-3-17-11(6)9/h4-5,9,11,17H,1-3H2/t9-,11-/m0/s1. The predicted molar refractivity (Wildman–Crippen MR) is 55.8 cm³/mol. The molecule has 1 N–H and O–H groups in total. The molecule has 6 heteroatoms. The Morgan fingerprint density at radius 1 is 1.28 bits per heavy atom. The van der Waals surface area contributed by atoms with Crippen LogP contribution in [0.25, 0.3) is 0 Å². The van der Waals surface area contributed by atoms with Gasteiger partial charge in [-0.3, -0.25) is 0 Å². The largest absolute Gasteiger partial charge is 0.488 e. The molecule has 0 amide bonds. The van der Waals surface area contributed by atoms with Gasteiger partial charge in [0.15, 0.2) is 0 Å². The second-order valence-electron chi connectivity index (χ2n) is 4.60. The van der Waals surface area contributed by atoms with E-state index in [4.69, 9.17) is 4.74 Å². The van der Waals surface area contributed by atoms with Crippen LogP contribution in [0.4, 0.5) is 17.6 Å². The van der Waals surface area contributed by atoms with E-state index in [-0.39, 0.29) is 17.9 Å². The third kappa shape index (κ3) is 1.75. The Morgan fingerprint density at radius 3 is 2.78 bits per heavy atom. The first kappa shape index (κ1) is 11.8. The number of halogens is 4. The van der Waals surface area contributed by atoms with Crippen LogP contribution in [0.5, 0.6) is 5.75 Å². The van der Waals surface area contributed by atoms with Gasteiger partial charge in [0.2, 0.25) is 0 Å². The van der Waals surface area contributed by atoms with Gasteiger partial charge in [0, 0.05) is 5.56 Å². The van der Waals surface area contributed by atoms with Crippen molar-refractivity contribution in [3.05, 3.63) is 29.1 Å². The second kappa shape index (κ2) is 3.85. The zero-order valence-corrected chi connectivity index (χ0v) is 9.35. The van der Waals surface area contributed by atoms with Gasteiger partial charge in [0.1, 0.15) is 17.7 Å². The number of fused-ring (bicyclic) bond motifs is 3. The minimum Gasteiger partial charge on any atom is -0.488 e. The fourth-order valence-corrected chi connectivity index (χ4v) is 2.59. The molecular formula is C12H11F4NO. The molecule has 1 aromatic rings. The van der Waals surface area contributed by atoms with Crippen LogP contribution in [0.15, 0.2) is 12.1 Å². The zero-order chi connectivity index (χ0) is 12.9. The molecule has 0 aromatic heterocycles. The summed E-state index contributed by atoms with van der Waals surface area (Å²) in [5, 5.41) is 3.15. The number of nitrogens with one attached hydrogen (secondary N) is 1. The van der Waals surface area contributed by atoms with E-state index in [1.165, 1.54) is 0 Å². The van der Waals surface area contributed by atoms with Crippen LogP contribution in [0.3, 0.4) is 0 Å². The molecule has 1 fully saturated rings. The maximum Gasteiger partial charge on any atom is 0.419 e. The summed E-state index contributed by atoms with van der Waals surface area (Å²) in [7, 11) is 0. The Labute approximate surface area is 101 Å². The molecule has 0 aliphatic carbocycles. The van der Waals surface area contributed by atoms with E-state index < -0.39 is 17.6 Å². The summed E-state index contributed by atoms with van der Waals surface area (Å²) < 4.78 is 56.7. The molecule has 2 heterocycles. The highest BCUT2D eigenvalue weighted by Crippen LogP contribution is 2.44. The van der Waals surface area contributed by atoms with Gasteiger partial charge in [-0.1, -0.05) is 0 Å². The summed E-state index contributed by atoms with van der Waals surface area (Å²) in [5.74, 6) is -1.09. The number of hydrogen-bond acceptors (Lipinski definition) is 2. The number of alkyl halides is 3. The third-order valence-electron chi connectivity index (χ3n) is 3.42. The molecule has 3 rings (SSSR count). The number of hydrogen-bond donors (Lipinski definition) is 1. The molecule has 0 radical (unpaired) electrons. The van der Waals surface area contributed by atoms with Crippen molar-refractivity contribution in [2.24, 2.45) is 0 Å². The van der Waals surface area contributed by atoms with Crippen molar-refractivity contribution in [2.45, 2.75) is 31.2 Å². The Balaban J connectivity index is 2.04. The van der Waals surface area contributed by atoms with Crippen molar-refractivity contribution in [3.8, 4) is 5.75 Å². The van der Waals surface area contributed by atoms with Crippen molar-refractivity contribution < 1.29 is 22.3 Å². The van der Waals surface area contributed by atoms with E-state index >= 15 is 0 Å². The fourth-order valence-electron chi connectivity index (χ4n) is 2.59. The molecule has 18 heavy (non-hydrogen) atoms. The van der Waals surface area contributed by atoms with E-state index in [0.717, 1.165) is 31.5 Å². The normalized spacial score (nSPS) is 26.4. The van der Waals surface area contributed by atoms with Crippen LogP contribution < -0.4 is 10.1 Å². The van der Waals surface area contributed by atoms with Crippen LogP contribution >= 0.6 is 0 Å². The van der Waals surface area contributed by atoms with Crippen LogP contribution in [0.2, 0.25) is 0 Å². The maximum atomic E-state index is 13.5. The summed E-state index contributed by atoms with van der Waals surface area (Å²) >= 11 is 0. The molecule has 2 nitrogen and oxygen atoms in total. The average Bonchev–Trinajstić information content (AvgIpc) is 2.65. The second-order valence-corrected chi connectivity index (χ2v) is 4.60. The molecule has 2 atom stereocenters. The number of benzene rings is 1. The van der Waals surface area contributed by atoms with Gasteiger partial charge in [0.05, 0.1) is 11.6 Å². The van der Waals surface area contributed by atoms with E-state index in [1.54, 1.807) is 0 Å². The molecule has 1 aromatic carbocycles. The van der Waals surface area contributed by atoms with Gasteiger partial charge in [0.25, 0.3) is 0 Å². The smallest absolute Gasteiger partial charge is 0.419 e. The van der Waals surface area contributed by atoms with E-state index in [0.29, 0.717) is 5.56 Å². The molecule has 0 bridgehead atoms. The van der Waals surface area contributed by atoms with E-state index in [1.807, 2.05) is 0 Å². The highest BCUT2D eigenvalue weighted by Gasteiger charge is 2.41. The predicted octanol–water partition coefficient (Wildman–Crippen LogP) is 3.03. The van der Waals surface area contributed by atoms with Crippen LogP contribution in [0.1, 0.15) is 30.0 Å². The minimum absolute atomic E-state index is 0.146. The summed E-state index contributed by atoms with van der Waals surface area (Å²) in [6.07, 6.45) is -3.19. The van der Waals surface area contributed by atoms with Gasteiger partial charge in [-0.05, 0) is 31.5 Å². The summed E-state index contributed by atoms with van der Waals surface area (Å²) in [5.41, 5.74) is -0.773. The van der Waals surface area contributed by atoms with Crippen LogP contribution in [0, 0.1) is 5.82 Å². The first-order valence-corrected chi connectivity index (χ1v) is 5.77. The molecule has 2 aliphatic rings. The van der Waals surface area contributed by atoms with Crippen molar-refractivity contribution in [3.63, 3.8) is 0 Å². The van der Waals surface area contributed by atoms with Crippen molar-refractivity contribution in [2.75, 3.05) is 6.54 Å². The molecular weight excluding hydrogens is 250 g/mol. The lowest BCUT2D eigenvalue weighted by Crippen LogP contribution is -2.36. The van der Waals surface area contributed by atoms with Crippen molar-refractivity contribution in [1.29, 1.82) is 0 Å². The van der Waals surface area contributed by atoms with Crippen LogP contribution in [-0.2, 0) is 6.18 Å². The van der Waals surface area contributed by atoms with E-state index in [9.17, 15) is 17.6 Å². The van der Waals surface area contributed by atoms with Crippen molar-refractivity contribution >= 4 is 0 Å². The lowest BCUT2D eigenvalue weighted by Gasteiger charge is -2.25. The molecule has 0 spiro atoms. The SMILES string of the molecule is Fc1cc2c(cc1C(F)(F)F)O[C@H]1CCCN[C@@H]21. The summed E-state index contributed by atoms with van der Waals surface area (Å²) in [6.45, 7) is 0.770. The Morgan fingerprint density at radius 2 is 2.06 bits per heavy atom. The first-order chi connectivity index (χ1) is 8.47. The van der Waals surface area contributed by atoms with Gasteiger partial charge in [-0.2, -0.15) is 13.2 Å². The number of ether oxygens (including phenoxy) is 1. The van der Waals surface area contributed by atoms with Crippen molar-refractivity contribution in [1.82, 2.24) is 5.32 Å². The first-order valence-electron chi connectivity index (χ1n) is 5.77. The van der Waals surface area contributed by atoms with Crippen LogP contribution in [-0.4, -0.2) is 12.6 Å². The maximum absolute atomic E-state index is 13.5. The molecule has 2 aliphatic heterocycles. The third-order valence-corrected chi connectivity index (χ3v) is 3.42. The molecule has 1 saturated heterocycles. The average molecular weight is 261 g/mol. The van der Waals surface area contributed by atoms with Gasteiger partial charge in [-0.25, -0.2) is 4.39 Å². The summed E-state index contributed by atoms with van der Waals surface area (Å²) in [4.78, 5) is 0.